The van der Waals surface area contributed by atoms with Crippen LogP contribution in [0.4, 0.5) is 16.2 Å². The molecular formula is C17H27N3O2. The van der Waals surface area contributed by atoms with Gasteiger partial charge in [0.05, 0.1) is 18.8 Å². The van der Waals surface area contributed by atoms with Crippen LogP contribution in [0.15, 0.2) is 18.2 Å². The van der Waals surface area contributed by atoms with Gasteiger partial charge in [0.25, 0.3) is 0 Å². The maximum atomic E-state index is 12.6. The van der Waals surface area contributed by atoms with Crippen molar-refractivity contribution in [2.45, 2.75) is 32.8 Å². The van der Waals surface area contributed by atoms with Crippen LogP contribution in [0.2, 0.25) is 0 Å². The standard InChI is InChI=1S/C17H27N3O2/c1-6-17(3)12-20(10-11-22-17)16(21)18-14-8-7-9-15(13(14)2)19(4)5/h7-9H,6,10-12H2,1-5H3,(H,18,21)/t17-/m0/s1. The number of hydrogen-bond acceptors (Lipinski definition) is 3. The van der Waals surface area contributed by atoms with Gasteiger partial charge in [-0.25, -0.2) is 4.79 Å². The molecule has 0 bridgehead atoms. The molecule has 0 spiro atoms. The fraction of sp³-hybridized carbons (Fsp3) is 0.588. The van der Waals surface area contributed by atoms with E-state index < -0.39 is 0 Å². The number of urea groups is 1. The highest BCUT2D eigenvalue weighted by molar-refractivity contribution is 5.91. The predicted molar refractivity (Wildman–Crippen MR) is 90.7 cm³/mol. The minimum atomic E-state index is -0.240. The third-order valence-corrected chi connectivity index (χ3v) is 4.40. The molecule has 0 radical (unpaired) electrons. The van der Waals surface area contributed by atoms with Gasteiger partial charge in [-0.1, -0.05) is 13.0 Å². The Balaban J connectivity index is 2.11. The quantitative estimate of drug-likeness (QED) is 0.933. The summed E-state index contributed by atoms with van der Waals surface area (Å²) in [7, 11) is 4.01. The average Bonchev–Trinajstić information content (AvgIpc) is 2.49. The monoisotopic (exact) mass is 305 g/mol. The maximum absolute atomic E-state index is 12.6. The highest BCUT2D eigenvalue weighted by Crippen LogP contribution is 2.26. The number of carbonyl (C=O) groups is 1. The number of nitrogens with one attached hydrogen (secondary N) is 1. The van der Waals surface area contributed by atoms with Crippen LogP contribution in [0, 0.1) is 6.92 Å². The van der Waals surface area contributed by atoms with Crippen molar-refractivity contribution in [3.63, 3.8) is 0 Å². The van der Waals surface area contributed by atoms with Crippen molar-refractivity contribution in [1.82, 2.24) is 4.90 Å². The number of amides is 2. The molecule has 122 valence electrons. The summed E-state index contributed by atoms with van der Waals surface area (Å²) in [6, 6.07) is 5.91. The van der Waals surface area contributed by atoms with E-state index in [9.17, 15) is 4.79 Å². The molecule has 1 aromatic rings. The fourth-order valence-electron chi connectivity index (χ4n) is 2.76. The van der Waals surface area contributed by atoms with Gasteiger partial charge in [-0.2, -0.15) is 0 Å². The largest absolute Gasteiger partial charge is 0.377 e. The highest BCUT2D eigenvalue weighted by Gasteiger charge is 2.32. The summed E-state index contributed by atoms with van der Waals surface area (Å²) in [6.45, 7) is 8.03. The number of hydrogen-bond donors (Lipinski definition) is 1. The van der Waals surface area contributed by atoms with Gasteiger partial charge in [-0.05, 0) is 38.0 Å². The first kappa shape index (κ1) is 16.6. The Labute approximate surface area is 133 Å². The van der Waals surface area contributed by atoms with E-state index in [1.54, 1.807) is 0 Å². The topological polar surface area (TPSA) is 44.8 Å². The Bertz CT molecular complexity index is 545. The van der Waals surface area contributed by atoms with Crippen molar-refractivity contribution in [2.24, 2.45) is 0 Å². The zero-order valence-electron chi connectivity index (χ0n) is 14.3. The van der Waals surface area contributed by atoms with E-state index in [1.165, 1.54) is 0 Å². The number of anilines is 2. The molecule has 0 aliphatic carbocycles. The minimum absolute atomic E-state index is 0.0537. The molecule has 1 atom stereocenters. The second kappa shape index (κ2) is 6.57. The van der Waals surface area contributed by atoms with Crippen LogP contribution in [-0.2, 0) is 4.74 Å². The van der Waals surface area contributed by atoms with Gasteiger partial charge in [-0.3, -0.25) is 0 Å². The molecule has 2 amide bonds. The van der Waals surface area contributed by atoms with E-state index in [-0.39, 0.29) is 11.6 Å². The fourth-order valence-corrected chi connectivity index (χ4v) is 2.76. The number of ether oxygens (including phenoxy) is 1. The highest BCUT2D eigenvalue weighted by atomic mass is 16.5. The molecule has 0 saturated carbocycles. The van der Waals surface area contributed by atoms with Gasteiger partial charge in [-0.15, -0.1) is 0 Å². The predicted octanol–water partition coefficient (Wildman–Crippen LogP) is 3.09. The van der Waals surface area contributed by atoms with Crippen LogP contribution in [0.3, 0.4) is 0 Å². The molecule has 0 unspecified atom stereocenters. The molecule has 1 saturated heterocycles. The Morgan fingerprint density at radius 2 is 2.18 bits per heavy atom. The number of benzene rings is 1. The van der Waals surface area contributed by atoms with Crippen LogP contribution in [-0.4, -0.2) is 50.3 Å². The first-order valence-corrected chi connectivity index (χ1v) is 7.83. The zero-order valence-corrected chi connectivity index (χ0v) is 14.3. The normalized spacial score (nSPS) is 21.6. The van der Waals surface area contributed by atoms with E-state index in [0.717, 1.165) is 23.4 Å². The van der Waals surface area contributed by atoms with Gasteiger partial charge < -0.3 is 19.9 Å². The molecule has 5 nitrogen and oxygen atoms in total. The molecule has 5 heteroatoms. The van der Waals surface area contributed by atoms with Gasteiger partial charge in [0.15, 0.2) is 0 Å². The number of nitrogens with zero attached hydrogens (tertiary/aromatic N) is 2. The van der Waals surface area contributed by atoms with Crippen LogP contribution in [0.1, 0.15) is 25.8 Å². The smallest absolute Gasteiger partial charge is 0.322 e. The second-order valence-corrected chi connectivity index (χ2v) is 6.35. The lowest BCUT2D eigenvalue weighted by Crippen LogP contribution is -2.53. The number of rotatable bonds is 3. The lowest BCUT2D eigenvalue weighted by Gasteiger charge is -2.40. The number of morpholine rings is 1. The summed E-state index contributed by atoms with van der Waals surface area (Å²) in [6.07, 6.45) is 0.895. The Morgan fingerprint density at radius 1 is 1.45 bits per heavy atom. The zero-order chi connectivity index (χ0) is 16.3. The first-order valence-electron chi connectivity index (χ1n) is 7.83. The maximum Gasteiger partial charge on any atom is 0.322 e. The van der Waals surface area contributed by atoms with Crippen LogP contribution in [0.25, 0.3) is 0 Å². The molecule has 1 aliphatic heterocycles. The molecule has 1 heterocycles. The van der Waals surface area contributed by atoms with Crippen molar-refractivity contribution in [3.05, 3.63) is 23.8 Å². The molecular weight excluding hydrogens is 278 g/mol. The van der Waals surface area contributed by atoms with E-state index in [4.69, 9.17) is 4.74 Å². The van der Waals surface area contributed by atoms with E-state index in [2.05, 4.69) is 19.2 Å². The molecule has 1 aromatic carbocycles. The lowest BCUT2D eigenvalue weighted by molar-refractivity contribution is -0.0860. The van der Waals surface area contributed by atoms with Gasteiger partial charge >= 0.3 is 6.03 Å². The number of carbonyl (C=O) groups excluding carboxylic acids is 1. The van der Waals surface area contributed by atoms with Crippen LogP contribution >= 0.6 is 0 Å². The minimum Gasteiger partial charge on any atom is -0.377 e. The van der Waals surface area contributed by atoms with E-state index in [1.807, 2.05) is 49.0 Å². The summed E-state index contributed by atoms with van der Waals surface area (Å²) >= 11 is 0. The third kappa shape index (κ3) is 3.53. The summed E-state index contributed by atoms with van der Waals surface area (Å²) in [5, 5.41) is 3.04. The molecule has 2 rings (SSSR count). The summed E-state index contributed by atoms with van der Waals surface area (Å²) < 4.78 is 5.79. The molecule has 1 N–H and O–H groups in total. The third-order valence-electron chi connectivity index (χ3n) is 4.40. The van der Waals surface area contributed by atoms with Crippen molar-refractivity contribution < 1.29 is 9.53 Å². The van der Waals surface area contributed by atoms with Crippen molar-refractivity contribution in [3.8, 4) is 0 Å². The van der Waals surface area contributed by atoms with Gasteiger partial charge in [0, 0.05) is 32.0 Å². The molecule has 0 aromatic heterocycles. The SMILES string of the molecule is CC[C@@]1(C)CN(C(=O)Nc2cccc(N(C)C)c2C)CCO1. The average molecular weight is 305 g/mol. The van der Waals surface area contributed by atoms with E-state index in [0.29, 0.717) is 19.7 Å². The summed E-state index contributed by atoms with van der Waals surface area (Å²) in [5.41, 5.74) is 2.81. The van der Waals surface area contributed by atoms with Crippen LogP contribution < -0.4 is 10.2 Å². The summed E-state index contributed by atoms with van der Waals surface area (Å²) in [4.78, 5) is 16.4. The Hall–Kier alpha value is -1.75. The van der Waals surface area contributed by atoms with Crippen molar-refractivity contribution in [2.75, 3.05) is 44.0 Å². The Kier molecular flexibility index (Phi) is 4.96. The molecule has 1 fully saturated rings. The van der Waals surface area contributed by atoms with Gasteiger partial charge in [0.1, 0.15) is 0 Å². The van der Waals surface area contributed by atoms with Crippen molar-refractivity contribution >= 4 is 17.4 Å². The second-order valence-electron chi connectivity index (χ2n) is 6.35. The van der Waals surface area contributed by atoms with Crippen LogP contribution in [0.5, 0.6) is 0 Å². The van der Waals surface area contributed by atoms with E-state index >= 15 is 0 Å². The Morgan fingerprint density at radius 3 is 2.82 bits per heavy atom. The lowest BCUT2D eigenvalue weighted by atomic mass is 10.0. The van der Waals surface area contributed by atoms with Crippen molar-refractivity contribution in [1.29, 1.82) is 0 Å². The first-order chi connectivity index (χ1) is 10.4. The summed E-state index contributed by atoms with van der Waals surface area (Å²) in [5.74, 6) is 0. The molecule has 1 aliphatic rings. The van der Waals surface area contributed by atoms with Gasteiger partial charge in [0.2, 0.25) is 0 Å². The molecule has 22 heavy (non-hydrogen) atoms.